The Labute approximate surface area is 139 Å². The Hall–Kier alpha value is -2.00. The van der Waals surface area contributed by atoms with E-state index in [1.54, 1.807) is 0 Å². The lowest BCUT2D eigenvalue weighted by Gasteiger charge is -2.22. The molecule has 0 bridgehead atoms. The van der Waals surface area contributed by atoms with Crippen molar-refractivity contribution < 1.29 is 9.47 Å². The first-order valence-corrected chi connectivity index (χ1v) is 8.15. The average molecular weight is 313 g/mol. The van der Waals surface area contributed by atoms with Gasteiger partial charge in [0.2, 0.25) is 0 Å². The van der Waals surface area contributed by atoms with E-state index in [2.05, 4.69) is 39.0 Å². The van der Waals surface area contributed by atoms with Crippen LogP contribution in [0.1, 0.15) is 31.9 Å². The number of rotatable bonds is 7. The second-order valence-corrected chi connectivity index (χ2v) is 6.63. The highest BCUT2D eigenvalue weighted by molar-refractivity contribution is 5.38. The Bertz CT molecular complexity index is 600. The van der Waals surface area contributed by atoms with E-state index in [1.807, 2.05) is 30.3 Å². The van der Waals surface area contributed by atoms with E-state index < -0.39 is 0 Å². The standard InChI is InChI=1S/C20H27NO2/c1-20(2,3)18-6-4-5-7-19(18)23-15-14-22-17-10-8-16(9-11-17)12-13-21/h4-11H,12-15,21H2,1-3H3. The Morgan fingerprint density at radius 1 is 0.870 bits per heavy atom. The van der Waals surface area contributed by atoms with Gasteiger partial charge in [-0.2, -0.15) is 0 Å². The van der Waals surface area contributed by atoms with Gasteiger partial charge in [-0.3, -0.25) is 0 Å². The molecule has 0 aliphatic carbocycles. The van der Waals surface area contributed by atoms with Crippen LogP contribution >= 0.6 is 0 Å². The molecule has 0 unspecified atom stereocenters. The normalized spacial score (nSPS) is 11.3. The summed E-state index contributed by atoms with van der Waals surface area (Å²) >= 11 is 0. The predicted molar refractivity (Wildman–Crippen MR) is 95.3 cm³/mol. The summed E-state index contributed by atoms with van der Waals surface area (Å²) < 4.78 is 11.6. The zero-order valence-corrected chi connectivity index (χ0v) is 14.3. The SMILES string of the molecule is CC(C)(C)c1ccccc1OCCOc1ccc(CCN)cc1. The Kier molecular flexibility index (Phi) is 6.05. The lowest BCUT2D eigenvalue weighted by molar-refractivity contribution is 0.214. The van der Waals surface area contributed by atoms with Crippen molar-refractivity contribution in [3.63, 3.8) is 0 Å². The fourth-order valence-electron chi connectivity index (χ4n) is 2.44. The number of nitrogens with two attached hydrogens (primary N) is 1. The van der Waals surface area contributed by atoms with Crippen LogP contribution in [0, 0.1) is 0 Å². The van der Waals surface area contributed by atoms with E-state index in [9.17, 15) is 0 Å². The van der Waals surface area contributed by atoms with Crippen LogP contribution in [-0.4, -0.2) is 19.8 Å². The molecular weight excluding hydrogens is 286 g/mol. The van der Waals surface area contributed by atoms with Crippen LogP contribution in [0.25, 0.3) is 0 Å². The summed E-state index contributed by atoms with van der Waals surface area (Å²) in [7, 11) is 0. The van der Waals surface area contributed by atoms with Crippen molar-refractivity contribution in [1.82, 2.24) is 0 Å². The minimum Gasteiger partial charge on any atom is -0.490 e. The van der Waals surface area contributed by atoms with Crippen molar-refractivity contribution >= 4 is 0 Å². The van der Waals surface area contributed by atoms with Crippen molar-refractivity contribution in [2.24, 2.45) is 5.73 Å². The van der Waals surface area contributed by atoms with Crippen LogP contribution in [-0.2, 0) is 11.8 Å². The third kappa shape index (κ3) is 5.29. The number of para-hydroxylation sites is 1. The van der Waals surface area contributed by atoms with E-state index >= 15 is 0 Å². The van der Waals surface area contributed by atoms with Gasteiger partial charge < -0.3 is 15.2 Å². The quantitative estimate of drug-likeness (QED) is 0.787. The largest absolute Gasteiger partial charge is 0.490 e. The molecule has 0 saturated carbocycles. The molecule has 0 aliphatic rings. The van der Waals surface area contributed by atoms with Crippen molar-refractivity contribution in [2.75, 3.05) is 19.8 Å². The molecule has 23 heavy (non-hydrogen) atoms. The molecule has 0 saturated heterocycles. The fraction of sp³-hybridized carbons (Fsp3) is 0.400. The molecule has 2 aromatic rings. The topological polar surface area (TPSA) is 44.5 Å². The molecular formula is C20H27NO2. The van der Waals surface area contributed by atoms with Gasteiger partial charge in [0.1, 0.15) is 24.7 Å². The maximum atomic E-state index is 5.91. The Morgan fingerprint density at radius 3 is 2.17 bits per heavy atom. The Morgan fingerprint density at radius 2 is 1.52 bits per heavy atom. The first-order valence-electron chi connectivity index (χ1n) is 8.15. The lowest BCUT2D eigenvalue weighted by Crippen LogP contribution is -2.15. The molecule has 0 aromatic heterocycles. The third-order valence-electron chi connectivity index (χ3n) is 3.66. The van der Waals surface area contributed by atoms with Gasteiger partial charge in [-0.1, -0.05) is 51.1 Å². The molecule has 3 nitrogen and oxygen atoms in total. The molecule has 2 N–H and O–H groups in total. The molecule has 0 radical (unpaired) electrons. The average Bonchev–Trinajstić information content (AvgIpc) is 2.53. The van der Waals surface area contributed by atoms with Crippen molar-refractivity contribution in [2.45, 2.75) is 32.6 Å². The van der Waals surface area contributed by atoms with Gasteiger partial charge in [0.05, 0.1) is 0 Å². The third-order valence-corrected chi connectivity index (χ3v) is 3.66. The van der Waals surface area contributed by atoms with E-state index in [0.29, 0.717) is 19.8 Å². The molecule has 0 aliphatic heterocycles. The number of benzene rings is 2. The molecule has 2 rings (SSSR count). The van der Waals surface area contributed by atoms with Crippen molar-refractivity contribution in [3.8, 4) is 11.5 Å². The van der Waals surface area contributed by atoms with Gasteiger partial charge in [-0.05, 0) is 47.7 Å². The summed E-state index contributed by atoms with van der Waals surface area (Å²) in [6.07, 6.45) is 0.896. The second kappa shape index (κ2) is 8.02. The van der Waals surface area contributed by atoms with Crippen LogP contribution < -0.4 is 15.2 Å². The van der Waals surface area contributed by atoms with Gasteiger partial charge in [-0.25, -0.2) is 0 Å². The van der Waals surface area contributed by atoms with Gasteiger partial charge in [-0.15, -0.1) is 0 Å². The van der Waals surface area contributed by atoms with Gasteiger partial charge >= 0.3 is 0 Å². The zero-order chi connectivity index (χ0) is 16.7. The number of ether oxygens (including phenoxy) is 2. The molecule has 0 atom stereocenters. The van der Waals surface area contributed by atoms with Crippen LogP contribution in [0.5, 0.6) is 11.5 Å². The molecule has 2 aromatic carbocycles. The predicted octanol–water partition coefficient (Wildman–Crippen LogP) is 3.94. The monoisotopic (exact) mass is 313 g/mol. The highest BCUT2D eigenvalue weighted by atomic mass is 16.5. The van der Waals surface area contributed by atoms with Crippen molar-refractivity contribution in [1.29, 1.82) is 0 Å². The summed E-state index contributed by atoms with van der Waals surface area (Å²) in [6.45, 7) is 8.28. The zero-order valence-electron chi connectivity index (χ0n) is 14.3. The molecule has 0 heterocycles. The fourth-order valence-corrected chi connectivity index (χ4v) is 2.44. The van der Waals surface area contributed by atoms with Crippen LogP contribution in [0.3, 0.4) is 0 Å². The summed E-state index contributed by atoms with van der Waals surface area (Å²) in [6, 6.07) is 16.3. The van der Waals surface area contributed by atoms with Crippen molar-refractivity contribution in [3.05, 3.63) is 59.7 Å². The van der Waals surface area contributed by atoms with E-state index in [0.717, 1.165) is 17.9 Å². The minimum absolute atomic E-state index is 0.0657. The Balaban J connectivity index is 1.84. The summed E-state index contributed by atoms with van der Waals surface area (Å²) in [5.74, 6) is 1.79. The maximum Gasteiger partial charge on any atom is 0.123 e. The number of hydrogen-bond donors (Lipinski definition) is 1. The number of hydrogen-bond acceptors (Lipinski definition) is 3. The molecule has 0 fully saturated rings. The first kappa shape index (κ1) is 17.4. The highest BCUT2D eigenvalue weighted by Crippen LogP contribution is 2.30. The maximum absolute atomic E-state index is 5.91. The van der Waals surface area contributed by atoms with Gasteiger partial charge in [0.25, 0.3) is 0 Å². The smallest absolute Gasteiger partial charge is 0.123 e. The van der Waals surface area contributed by atoms with E-state index in [4.69, 9.17) is 15.2 Å². The first-order chi connectivity index (χ1) is 11.0. The second-order valence-electron chi connectivity index (χ2n) is 6.63. The summed E-state index contributed by atoms with van der Waals surface area (Å²) in [5.41, 5.74) is 8.06. The van der Waals surface area contributed by atoms with Crippen LogP contribution in [0.2, 0.25) is 0 Å². The minimum atomic E-state index is 0.0657. The van der Waals surface area contributed by atoms with Gasteiger partial charge in [0.15, 0.2) is 0 Å². The van der Waals surface area contributed by atoms with Gasteiger partial charge in [0, 0.05) is 0 Å². The lowest BCUT2D eigenvalue weighted by atomic mass is 9.86. The molecule has 0 amide bonds. The summed E-state index contributed by atoms with van der Waals surface area (Å²) in [5, 5.41) is 0. The van der Waals surface area contributed by atoms with E-state index in [1.165, 1.54) is 11.1 Å². The molecule has 0 spiro atoms. The molecule has 3 heteroatoms. The molecule has 124 valence electrons. The van der Waals surface area contributed by atoms with Crippen LogP contribution in [0.15, 0.2) is 48.5 Å². The summed E-state index contributed by atoms with van der Waals surface area (Å²) in [4.78, 5) is 0. The highest BCUT2D eigenvalue weighted by Gasteiger charge is 2.18. The van der Waals surface area contributed by atoms with Crippen LogP contribution in [0.4, 0.5) is 0 Å². The van der Waals surface area contributed by atoms with E-state index in [-0.39, 0.29) is 5.41 Å².